The van der Waals surface area contributed by atoms with Crippen molar-refractivity contribution in [2.75, 3.05) is 7.11 Å². The fraction of sp³-hybridized carbons (Fsp3) is 0.167. The number of carbonyl (C=O) groups is 1. The van der Waals surface area contributed by atoms with Crippen LogP contribution in [0.3, 0.4) is 0 Å². The second-order valence-electron chi connectivity index (χ2n) is 1.72. The first kappa shape index (κ1) is 8.49. The number of esters is 1. The van der Waals surface area contributed by atoms with Crippen molar-refractivity contribution in [2.24, 2.45) is 0 Å². The van der Waals surface area contributed by atoms with E-state index in [1.54, 1.807) is 0 Å². The lowest BCUT2D eigenvalue weighted by Gasteiger charge is -1.92. The second-order valence-corrected chi connectivity index (χ2v) is 3.01. The van der Waals surface area contributed by atoms with E-state index in [9.17, 15) is 9.18 Å². The summed E-state index contributed by atoms with van der Waals surface area (Å²) in [5.74, 6) is -1.40. The van der Waals surface area contributed by atoms with Gasteiger partial charge in [-0.15, -0.1) is 11.3 Å². The maximum absolute atomic E-state index is 12.8. The Morgan fingerprint density at radius 1 is 1.82 bits per heavy atom. The molecule has 1 rings (SSSR count). The number of carbonyl (C=O) groups excluding carboxylic acids is 1. The molecule has 0 fully saturated rings. The summed E-state index contributed by atoms with van der Waals surface area (Å²) in [6.45, 7) is 0. The summed E-state index contributed by atoms with van der Waals surface area (Å²) in [5.41, 5.74) is 0. The molecule has 1 heterocycles. The first-order valence-corrected chi connectivity index (χ1v) is 3.93. The van der Waals surface area contributed by atoms with Gasteiger partial charge in [-0.3, -0.25) is 0 Å². The van der Waals surface area contributed by atoms with E-state index in [0.717, 1.165) is 11.3 Å². The summed E-state index contributed by atoms with van der Waals surface area (Å²) in [6.07, 6.45) is 0. The molecule has 0 bridgehead atoms. The van der Waals surface area contributed by atoms with Crippen LogP contribution in [0, 0.1) is 5.82 Å². The van der Waals surface area contributed by atoms with Crippen LogP contribution in [0.4, 0.5) is 4.39 Å². The van der Waals surface area contributed by atoms with Crippen LogP contribution < -0.4 is 0 Å². The van der Waals surface area contributed by atoms with E-state index < -0.39 is 11.8 Å². The van der Waals surface area contributed by atoms with Gasteiger partial charge < -0.3 is 4.74 Å². The molecule has 0 atom stereocenters. The van der Waals surface area contributed by atoms with Crippen LogP contribution in [0.1, 0.15) is 9.67 Å². The van der Waals surface area contributed by atoms with Gasteiger partial charge in [-0.05, 0) is 0 Å². The molecule has 0 saturated carbocycles. The lowest BCUT2D eigenvalue weighted by molar-refractivity contribution is 0.0601. The zero-order valence-electron chi connectivity index (χ0n) is 5.56. The molecule has 1 aromatic heterocycles. The molecule has 0 aromatic carbocycles. The Morgan fingerprint density at radius 3 is 2.82 bits per heavy atom. The van der Waals surface area contributed by atoms with Gasteiger partial charge in [-0.2, -0.15) is 0 Å². The Hall–Kier alpha value is -0.610. The van der Waals surface area contributed by atoms with E-state index in [0.29, 0.717) is 0 Å². The third-order valence-corrected chi connectivity index (χ3v) is 2.40. The molecule has 2 nitrogen and oxygen atoms in total. The molecule has 11 heavy (non-hydrogen) atoms. The maximum Gasteiger partial charge on any atom is 0.351 e. The monoisotopic (exact) mass is 194 g/mol. The summed E-state index contributed by atoms with van der Waals surface area (Å²) in [6, 6.07) is 0. The first-order valence-electron chi connectivity index (χ1n) is 2.67. The Kier molecular flexibility index (Phi) is 2.46. The molecule has 0 amide bonds. The van der Waals surface area contributed by atoms with Gasteiger partial charge in [0.15, 0.2) is 5.82 Å². The van der Waals surface area contributed by atoms with Crippen molar-refractivity contribution in [3.8, 4) is 0 Å². The molecule has 0 spiro atoms. The van der Waals surface area contributed by atoms with E-state index in [4.69, 9.17) is 11.6 Å². The number of methoxy groups -OCH3 is 1. The van der Waals surface area contributed by atoms with Crippen molar-refractivity contribution >= 4 is 28.9 Å². The van der Waals surface area contributed by atoms with Crippen molar-refractivity contribution in [3.63, 3.8) is 0 Å². The van der Waals surface area contributed by atoms with E-state index in [-0.39, 0.29) is 9.90 Å². The molecule has 0 unspecified atom stereocenters. The molecule has 60 valence electrons. The van der Waals surface area contributed by atoms with Crippen LogP contribution in [0.25, 0.3) is 0 Å². The molecule has 0 radical (unpaired) electrons. The zero-order chi connectivity index (χ0) is 8.43. The average molecular weight is 195 g/mol. The van der Waals surface area contributed by atoms with Gasteiger partial charge in [0.1, 0.15) is 4.88 Å². The van der Waals surface area contributed by atoms with Gasteiger partial charge in [0, 0.05) is 5.38 Å². The van der Waals surface area contributed by atoms with E-state index in [1.807, 2.05) is 0 Å². The minimum Gasteiger partial charge on any atom is -0.465 e. The number of halogens is 2. The summed E-state index contributed by atoms with van der Waals surface area (Å²) in [5, 5.41) is 1.30. The molecule has 0 N–H and O–H groups in total. The topological polar surface area (TPSA) is 26.3 Å². The highest BCUT2D eigenvalue weighted by Crippen LogP contribution is 2.25. The normalized spacial score (nSPS) is 9.73. The van der Waals surface area contributed by atoms with Crippen LogP contribution in [-0.2, 0) is 4.74 Å². The minimum absolute atomic E-state index is 0.0459. The van der Waals surface area contributed by atoms with Crippen LogP contribution in [0.5, 0.6) is 0 Å². The van der Waals surface area contributed by atoms with Crippen molar-refractivity contribution in [3.05, 3.63) is 21.1 Å². The van der Waals surface area contributed by atoms with Crippen molar-refractivity contribution in [2.45, 2.75) is 0 Å². The predicted molar refractivity (Wildman–Crippen MR) is 40.6 cm³/mol. The van der Waals surface area contributed by atoms with Crippen LogP contribution in [0.2, 0.25) is 5.02 Å². The van der Waals surface area contributed by atoms with E-state index in [1.165, 1.54) is 12.5 Å². The first-order chi connectivity index (χ1) is 5.16. The number of rotatable bonds is 1. The molecule has 0 aliphatic carbocycles. The lowest BCUT2D eigenvalue weighted by Crippen LogP contribution is -1.99. The van der Waals surface area contributed by atoms with Gasteiger partial charge >= 0.3 is 5.97 Å². The fourth-order valence-electron chi connectivity index (χ4n) is 0.553. The highest BCUT2D eigenvalue weighted by atomic mass is 35.5. The van der Waals surface area contributed by atoms with Crippen LogP contribution in [-0.4, -0.2) is 13.1 Å². The van der Waals surface area contributed by atoms with Crippen molar-refractivity contribution in [1.82, 2.24) is 0 Å². The molecular formula is C6H4ClFO2S. The van der Waals surface area contributed by atoms with Crippen molar-refractivity contribution in [1.29, 1.82) is 0 Å². The summed E-state index contributed by atoms with van der Waals surface area (Å²) in [7, 11) is 1.19. The Bertz CT molecular complexity index is 284. The largest absolute Gasteiger partial charge is 0.465 e. The predicted octanol–water partition coefficient (Wildman–Crippen LogP) is 2.33. The smallest absolute Gasteiger partial charge is 0.351 e. The summed E-state index contributed by atoms with van der Waals surface area (Å²) in [4.78, 5) is 10.7. The number of thiophene rings is 1. The van der Waals surface area contributed by atoms with Gasteiger partial charge in [0.05, 0.1) is 12.1 Å². The van der Waals surface area contributed by atoms with Gasteiger partial charge in [-0.1, -0.05) is 11.6 Å². The molecule has 0 aliphatic rings. The van der Waals surface area contributed by atoms with Crippen molar-refractivity contribution < 1.29 is 13.9 Å². The standard InChI is InChI=1S/C6H4ClFO2S/c1-10-6(9)5-4(8)3(7)2-11-5/h2H,1H3. The molecule has 0 aliphatic heterocycles. The maximum atomic E-state index is 12.8. The second kappa shape index (κ2) is 3.19. The SMILES string of the molecule is COC(=O)c1scc(Cl)c1F. The number of hydrogen-bond donors (Lipinski definition) is 0. The molecule has 5 heteroatoms. The van der Waals surface area contributed by atoms with Crippen LogP contribution in [0.15, 0.2) is 5.38 Å². The Labute approximate surface area is 71.5 Å². The number of ether oxygens (including phenoxy) is 1. The summed E-state index contributed by atoms with van der Waals surface area (Å²) < 4.78 is 17.1. The average Bonchev–Trinajstić information content (AvgIpc) is 2.32. The quantitative estimate of drug-likeness (QED) is 0.642. The van der Waals surface area contributed by atoms with Gasteiger partial charge in [0.25, 0.3) is 0 Å². The lowest BCUT2D eigenvalue weighted by atomic mass is 10.4. The summed E-state index contributed by atoms with van der Waals surface area (Å²) >= 11 is 6.29. The highest BCUT2D eigenvalue weighted by molar-refractivity contribution is 7.12. The molecule has 0 saturated heterocycles. The zero-order valence-corrected chi connectivity index (χ0v) is 7.13. The Morgan fingerprint density at radius 2 is 2.45 bits per heavy atom. The van der Waals surface area contributed by atoms with E-state index >= 15 is 0 Å². The Balaban J connectivity index is 3.04. The molecule has 1 aromatic rings. The van der Waals surface area contributed by atoms with E-state index in [2.05, 4.69) is 4.74 Å². The van der Waals surface area contributed by atoms with Gasteiger partial charge in [0.2, 0.25) is 0 Å². The minimum atomic E-state index is -0.705. The van der Waals surface area contributed by atoms with Crippen LogP contribution >= 0.6 is 22.9 Å². The van der Waals surface area contributed by atoms with Gasteiger partial charge in [-0.25, -0.2) is 9.18 Å². The fourth-order valence-corrected chi connectivity index (χ4v) is 1.55. The molecular weight excluding hydrogens is 191 g/mol. The highest BCUT2D eigenvalue weighted by Gasteiger charge is 2.16. The number of hydrogen-bond acceptors (Lipinski definition) is 3. The third-order valence-electron chi connectivity index (χ3n) is 1.06. The third kappa shape index (κ3) is 1.52.